The van der Waals surface area contributed by atoms with E-state index in [-0.39, 0.29) is 5.82 Å². The van der Waals surface area contributed by atoms with Crippen molar-refractivity contribution in [3.05, 3.63) is 41.8 Å². The van der Waals surface area contributed by atoms with Gasteiger partial charge in [-0.2, -0.15) is 10.2 Å². The Morgan fingerprint density at radius 1 is 1.24 bits per heavy atom. The molecule has 4 nitrogen and oxygen atoms in total. The maximum atomic E-state index is 13.2. The number of hydrogen-bond acceptors (Lipinski definition) is 4. The quantitative estimate of drug-likeness (QED) is 0.877. The van der Waals surface area contributed by atoms with Crippen molar-refractivity contribution in [2.24, 2.45) is 5.73 Å². The zero-order valence-electron chi connectivity index (χ0n) is 9.35. The standard InChI is InChI=1S/C12H12FN3O/c1-17-12-5-2-8(13)6-10(12)11-4-3-9(7-14)15-16-11/h2-6H,7,14H2,1H3. The predicted molar refractivity (Wildman–Crippen MR) is 61.9 cm³/mol. The summed E-state index contributed by atoms with van der Waals surface area (Å²) in [4.78, 5) is 0. The molecule has 1 heterocycles. The first-order valence-corrected chi connectivity index (χ1v) is 5.11. The fourth-order valence-corrected chi connectivity index (χ4v) is 1.49. The molecule has 88 valence electrons. The number of halogens is 1. The molecular formula is C12H12FN3O. The van der Waals surface area contributed by atoms with Gasteiger partial charge in [0.05, 0.1) is 18.5 Å². The van der Waals surface area contributed by atoms with E-state index in [2.05, 4.69) is 10.2 Å². The topological polar surface area (TPSA) is 61.0 Å². The molecule has 0 spiro atoms. The number of ether oxygens (including phenoxy) is 1. The van der Waals surface area contributed by atoms with Gasteiger partial charge in [0.25, 0.3) is 0 Å². The molecule has 2 rings (SSSR count). The normalized spacial score (nSPS) is 10.3. The average Bonchev–Trinajstić information content (AvgIpc) is 2.39. The largest absolute Gasteiger partial charge is 0.496 e. The fraction of sp³-hybridized carbons (Fsp3) is 0.167. The second kappa shape index (κ2) is 4.88. The van der Waals surface area contributed by atoms with Gasteiger partial charge in [0.2, 0.25) is 0 Å². The van der Waals surface area contributed by atoms with Crippen molar-refractivity contribution >= 4 is 0 Å². The molecule has 0 saturated carbocycles. The van der Waals surface area contributed by atoms with Crippen LogP contribution in [0.25, 0.3) is 11.3 Å². The Kier molecular flexibility index (Phi) is 3.30. The van der Waals surface area contributed by atoms with Gasteiger partial charge in [0.1, 0.15) is 11.6 Å². The molecule has 1 aromatic carbocycles. The van der Waals surface area contributed by atoms with Crippen molar-refractivity contribution < 1.29 is 9.13 Å². The van der Waals surface area contributed by atoms with Crippen LogP contribution in [0, 0.1) is 5.82 Å². The minimum Gasteiger partial charge on any atom is -0.496 e. The minimum absolute atomic E-state index is 0.327. The molecule has 2 aromatic rings. The van der Waals surface area contributed by atoms with E-state index < -0.39 is 0 Å². The molecule has 0 atom stereocenters. The Balaban J connectivity index is 2.47. The first-order chi connectivity index (χ1) is 8.24. The van der Waals surface area contributed by atoms with Gasteiger partial charge >= 0.3 is 0 Å². The molecule has 0 aliphatic heterocycles. The summed E-state index contributed by atoms with van der Waals surface area (Å²) >= 11 is 0. The summed E-state index contributed by atoms with van der Waals surface area (Å²) in [6.07, 6.45) is 0. The summed E-state index contributed by atoms with van der Waals surface area (Å²) in [5.74, 6) is 0.215. The summed E-state index contributed by atoms with van der Waals surface area (Å²) in [5, 5.41) is 7.92. The molecule has 0 unspecified atom stereocenters. The van der Waals surface area contributed by atoms with Gasteiger partial charge in [0.15, 0.2) is 0 Å². The monoisotopic (exact) mass is 233 g/mol. The van der Waals surface area contributed by atoms with Crippen LogP contribution in [0.5, 0.6) is 5.75 Å². The van der Waals surface area contributed by atoms with E-state index in [1.165, 1.54) is 19.2 Å². The predicted octanol–water partition coefficient (Wildman–Crippen LogP) is 1.75. The van der Waals surface area contributed by atoms with Gasteiger partial charge in [0, 0.05) is 12.1 Å². The highest BCUT2D eigenvalue weighted by atomic mass is 19.1. The summed E-state index contributed by atoms with van der Waals surface area (Å²) < 4.78 is 18.3. The average molecular weight is 233 g/mol. The molecule has 0 bridgehead atoms. The first kappa shape index (κ1) is 11.5. The fourth-order valence-electron chi connectivity index (χ4n) is 1.49. The minimum atomic E-state index is -0.342. The number of nitrogens with zero attached hydrogens (tertiary/aromatic N) is 2. The van der Waals surface area contributed by atoms with Crippen LogP contribution in [0.3, 0.4) is 0 Å². The zero-order chi connectivity index (χ0) is 12.3. The number of benzene rings is 1. The summed E-state index contributed by atoms with van der Waals surface area (Å²) in [5.41, 5.74) is 7.24. The van der Waals surface area contributed by atoms with Crippen molar-refractivity contribution in [3.8, 4) is 17.0 Å². The number of methoxy groups -OCH3 is 1. The third kappa shape index (κ3) is 2.39. The summed E-state index contributed by atoms with van der Waals surface area (Å²) in [6.45, 7) is 0.327. The van der Waals surface area contributed by atoms with Gasteiger partial charge in [-0.25, -0.2) is 4.39 Å². The van der Waals surface area contributed by atoms with Gasteiger partial charge in [-0.05, 0) is 30.3 Å². The van der Waals surface area contributed by atoms with Crippen LogP contribution in [-0.4, -0.2) is 17.3 Å². The van der Waals surface area contributed by atoms with Crippen molar-refractivity contribution in [1.82, 2.24) is 10.2 Å². The van der Waals surface area contributed by atoms with Crippen LogP contribution in [-0.2, 0) is 6.54 Å². The van der Waals surface area contributed by atoms with E-state index in [9.17, 15) is 4.39 Å². The Labute approximate surface area is 98.2 Å². The van der Waals surface area contributed by atoms with Crippen molar-refractivity contribution in [3.63, 3.8) is 0 Å². The van der Waals surface area contributed by atoms with E-state index in [1.54, 1.807) is 18.2 Å². The number of nitrogens with two attached hydrogens (primary N) is 1. The smallest absolute Gasteiger partial charge is 0.128 e. The van der Waals surface area contributed by atoms with E-state index in [0.29, 0.717) is 29.2 Å². The molecule has 0 saturated heterocycles. The lowest BCUT2D eigenvalue weighted by atomic mass is 10.1. The second-order valence-corrected chi connectivity index (χ2v) is 3.46. The zero-order valence-corrected chi connectivity index (χ0v) is 9.35. The molecule has 0 aliphatic rings. The third-order valence-corrected chi connectivity index (χ3v) is 2.37. The summed E-state index contributed by atoms with van der Waals surface area (Å²) in [6, 6.07) is 7.76. The lowest BCUT2D eigenvalue weighted by molar-refractivity contribution is 0.415. The van der Waals surface area contributed by atoms with Gasteiger partial charge in [-0.3, -0.25) is 0 Å². The Morgan fingerprint density at radius 2 is 2.06 bits per heavy atom. The van der Waals surface area contributed by atoms with E-state index in [4.69, 9.17) is 10.5 Å². The molecule has 0 fully saturated rings. The lowest BCUT2D eigenvalue weighted by Crippen LogP contribution is -2.01. The van der Waals surface area contributed by atoms with Gasteiger partial charge < -0.3 is 10.5 Å². The molecule has 0 aliphatic carbocycles. The van der Waals surface area contributed by atoms with Crippen LogP contribution in [0.15, 0.2) is 30.3 Å². The van der Waals surface area contributed by atoms with E-state index in [0.717, 1.165) is 0 Å². The van der Waals surface area contributed by atoms with Gasteiger partial charge in [-0.15, -0.1) is 0 Å². The molecule has 0 radical (unpaired) electrons. The van der Waals surface area contributed by atoms with Crippen LogP contribution in [0.1, 0.15) is 5.69 Å². The van der Waals surface area contributed by atoms with Crippen LogP contribution in [0.2, 0.25) is 0 Å². The molecule has 2 N–H and O–H groups in total. The van der Waals surface area contributed by atoms with E-state index in [1.807, 2.05) is 0 Å². The first-order valence-electron chi connectivity index (χ1n) is 5.11. The van der Waals surface area contributed by atoms with Crippen molar-refractivity contribution in [1.29, 1.82) is 0 Å². The highest BCUT2D eigenvalue weighted by molar-refractivity contribution is 5.66. The second-order valence-electron chi connectivity index (χ2n) is 3.46. The third-order valence-electron chi connectivity index (χ3n) is 2.37. The molecular weight excluding hydrogens is 221 g/mol. The van der Waals surface area contributed by atoms with E-state index >= 15 is 0 Å². The summed E-state index contributed by atoms with van der Waals surface area (Å²) in [7, 11) is 1.53. The van der Waals surface area contributed by atoms with Crippen LogP contribution >= 0.6 is 0 Å². The van der Waals surface area contributed by atoms with Crippen LogP contribution < -0.4 is 10.5 Å². The van der Waals surface area contributed by atoms with Gasteiger partial charge in [-0.1, -0.05) is 0 Å². The molecule has 5 heteroatoms. The number of aromatic nitrogens is 2. The Bertz CT molecular complexity index is 514. The van der Waals surface area contributed by atoms with Crippen molar-refractivity contribution in [2.45, 2.75) is 6.54 Å². The highest BCUT2D eigenvalue weighted by Gasteiger charge is 2.09. The Morgan fingerprint density at radius 3 is 2.65 bits per heavy atom. The number of rotatable bonds is 3. The van der Waals surface area contributed by atoms with Crippen LogP contribution in [0.4, 0.5) is 4.39 Å². The maximum absolute atomic E-state index is 13.2. The number of hydrogen-bond donors (Lipinski definition) is 1. The molecule has 17 heavy (non-hydrogen) atoms. The SMILES string of the molecule is COc1ccc(F)cc1-c1ccc(CN)nn1. The lowest BCUT2D eigenvalue weighted by Gasteiger charge is -2.07. The molecule has 0 amide bonds. The highest BCUT2D eigenvalue weighted by Crippen LogP contribution is 2.28. The molecule has 1 aromatic heterocycles. The van der Waals surface area contributed by atoms with Crippen molar-refractivity contribution in [2.75, 3.05) is 7.11 Å². The Hall–Kier alpha value is -2.01. The maximum Gasteiger partial charge on any atom is 0.128 e.